The fraction of sp³-hybridized carbons (Fsp3) is 0.474. The van der Waals surface area contributed by atoms with Crippen molar-refractivity contribution in [2.24, 2.45) is 4.99 Å². The Morgan fingerprint density at radius 1 is 1.37 bits per heavy atom. The third kappa shape index (κ3) is 7.27. The first kappa shape index (κ1) is 23.6. The third-order valence-electron chi connectivity index (χ3n) is 3.98. The van der Waals surface area contributed by atoms with E-state index in [1.165, 1.54) is 0 Å². The van der Waals surface area contributed by atoms with Crippen LogP contribution in [0, 0.1) is 6.92 Å². The van der Waals surface area contributed by atoms with Crippen LogP contribution in [0.25, 0.3) is 0 Å². The molecule has 0 bridgehead atoms. The minimum atomic E-state index is 0. The number of hydrogen-bond donors (Lipinski definition) is 1. The summed E-state index contributed by atoms with van der Waals surface area (Å²) in [5.74, 6) is 1.73. The van der Waals surface area contributed by atoms with Gasteiger partial charge in [-0.1, -0.05) is 18.2 Å². The number of aryl methyl sites for hydroxylation is 1. The molecular formula is C19H29IN4O2S. The number of rotatable bonds is 8. The van der Waals surface area contributed by atoms with Crippen molar-refractivity contribution in [3.8, 4) is 5.75 Å². The molecule has 0 aliphatic rings. The van der Waals surface area contributed by atoms with E-state index < -0.39 is 0 Å². The van der Waals surface area contributed by atoms with Crippen molar-refractivity contribution >= 4 is 41.3 Å². The van der Waals surface area contributed by atoms with E-state index in [0.717, 1.165) is 28.0 Å². The Labute approximate surface area is 183 Å². The molecule has 0 saturated carbocycles. The number of nitrogens with zero attached hydrogens (tertiary/aromatic N) is 3. The molecule has 2 aromatic rings. The van der Waals surface area contributed by atoms with E-state index in [0.29, 0.717) is 19.7 Å². The second kappa shape index (κ2) is 12.1. The Kier molecular flexibility index (Phi) is 10.6. The first-order valence-corrected chi connectivity index (χ1v) is 9.50. The summed E-state index contributed by atoms with van der Waals surface area (Å²) in [6.07, 6.45) is 0.0232. The maximum atomic E-state index is 5.81. The molecule has 0 spiro atoms. The molecule has 0 aliphatic carbocycles. The van der Waals surface area contributed by atoms with Gasteiger partial charge in [-0.3, -0.25) is 4.99 Å². The number of halogens is 1. The fourth-order valence-electron chi connectivity index (χ4n) is 2.43. The quantitative estimate of drug-likeness (QED) is 0.256. The molecule has 1 atom stereocenters. The van der Waals surface area contributed by atoms with Crippen LogP contribution in [0.15, 0.2) is 34.6 Å². The second-order valence-corrected chi connectivity index (χ2v) is 6.89. The molecule has 8 heteroatoms. The van der Waals surface area contributed by atoms with Crippen molar-refractivity contribution in [1.82, 2.24) is 15.2 Å². The van der Waals surface area contributed by atoms with Gasteiger partial charge in [-0.2, -0.15) is 0 Å². The average Bonchev–Trinajstić information content (AvgIpc) is 3.10. The maximum Gasteiger partial charge on any atom is 0.193 e. The summed E-state index contributed by atoms with van der Waals surface area (Å²) in [6.45, 7) is 5.98. The number of para-hydroxylation sites is 1. The van der Waals surface area contributed by atoms with Crippen LogP contribution in [-0.2, 0) is 11.3 Å². The predicted molar refractivity (Wildman–Crippen MR) is 122 cm³/mol. The standard InChI is InChI=1S/C19H28N4O2S.HI/c1-14-8-6-7-9-17(14)25-11-10-21-19(20-3)23(4)12-16-13-26-18(22-16)15(2)24-5;/h6-9,13,15H,10-12H2,1-5H3,(H,20,21);1H. The lowest BCUT2D eigenvalue weighted by Crippen LogP contribution is -2.40. The molecule has 27 heavy (non-hydrogen) atoms. The topological polar surface area (TPSA) is 59.0 Å². The monoisotopic (exact) mass is 504 g/mol. The van der Waals surface area contributed by atoms with E-state index in [2.05, 4.69) is 20.7 Å². The molecule has 1 aromatic carbocycles. The van der Waals surface area contributed by atoms with Crippen LogP contribution < -0.4 is 10.1 Å². The lowest BCUT2D eigenvalue weighted by atomic mass is 10.2. The Balaban J connectivity index is 0.00000364. The smallest absolute Gasteiger partial charge is 0.193 e. The molecule has 6 nitrogen and oxygen atoms in total. The first-order valence-electron chi connectivity index (χ1n) is 8.62. The zero-order chi connectivity index (χ0) is 18.9. The second-order valence-electron chi connectivity index (χ2n) is 6.00. The molecule has 0 amide bonds. The van der Waals surface area contributed by atoms with E-state index in [9.17, 15) is 0 Å². The van der Waals surface area contributed by atoms with E-state index in [4.69, 9.17) is 9.47 Å². The molecular weight excluding hydrogens is 475 g/mol. The van der Waals surface area contributed by atoms with Crippen molar-refractivity contribution in [3.05, 3.63) is 45.9 Å². The Morgan fingerprint density at radius 3 is 2.78 bits per heavy atom. The number of benzene rings is 1. The molecule has 1 N–H and O–H groups in total. The minimum Gasteiger partial charge on any atom is -0.491 e. The van der Waals surface area contributed by atoms with E-state index in [-0.39, 0.29) is 30.1 Å². The number of aliphatic imine (C=N–C) groups is 1. The summed E-state index contributed by atoms with van der Waals surface area (Å²) >= 11 is 1.62. The Morgan fingerprint density at radius 2 is 2.11 bits per heavy atom. The summed E-state index contributed by atoms with van der Waals surface area (Å²) in [4.78, 5) is 11.0. The number of thiazole rings is 1. The first-order chi connectivity index (χ1) is 12.5. The van der Waals surface area contributed by atoms with Gasteiger partial charge in [0.25, 0.3) is 0 Å². The average molecular weight is 504 g/mol. The number of ether oxygens (including phenoxy) is 2. The van der Waals surface area contributed by atoms with Crippen LogP contribution in [0.3, 0.4) is 0 Å². The number of methoxy groups -OCH3 is 1. The van der Waals surface area contributed by atoms with Crippen molar-refractivity contribution in [2.75, 3.05) is 34.4 Å². The van der Waals surface area contributed by atoms with Crippen LogP contribution in [0.5, 0.6) is 5.75 Å². The Bertz CT molecular complexity index is 723. The van der Waals surface area contributed by atoms with Crippen molar-refractivity contribution in [1.29, 1.82) is 0 Å². The maximum absolute atomic E-state index is 5.81. The summed E-state index contributed by atoms with van der Waals surface area (Å²) in [5, 5.41) is 6.38. The number of guanidine groups is 1. The van der Waals surface area contributed by atoms with Gasteiger partial charge in [-0.25, -0.2) is 4.98 Å². The van der Waals surface area contributed by atoms with Gasteiger partial charge in [0.1, 0.15) is 23.5 Å². The lowest BCUT2D eigenvalue weighted by molar-refractivity contribution is 0.119. The van der Waals surface area contributed by atoms with Gasteiger partial charge in [0, 0.05) is 26.6 Å². The number of aromatic nitrogens is 1. The summed E-state index contributed by atoms with van der Waals surface area (Å²) < 4.78 is 11.1. The molecule has 1 heterocycles. The zero-order valence-corrected chi connectivity index (χ0v) is 19.7. The highest BCUT2D eigenvalue weighted by Gasteiger charge is 2.12. The van der Waals surface area contributed by atoms with Crippen molar-refractivity contribution in [2.45, 2.75) is 26.5 Å². The highest BCUT2D eigenvalue weighted by Crippen LogP contribution is 2.21. The van der Waals surface area contributed by atoms with Gasteiger partial charge >= 0.3 is 0 Å². The van der Waals surface area contributed by atoms with E-state index in [1.54, 1.807) is 25.5 Å². The fourth-order valence-corrected chi connectivity index (χ4v) is 3.27. The minimum absolute atomic E-state index is 0. The predicted octanol–water partition coefficient (Wildman–Crippen LogP) is 3.86. The van der Waals surface area contributed by atoms with Crippen LogP contribution >= 0.6 is 35.3 Å². The van der Waals surface area contributed by atoms with E-state index >= 15 is 0 Å². The van der Waals surface area contributed by atoms with Crippen LogP contribution in [0.2, 0.25) is 0 Å². The molecule has 0 radical (unpaired) electrons. The molecule has 1 aromatic heterocycles. The molecule has 2 rings (SSSR count). The highest BCUT2D eigenvalue weighted by atomic mass is 127. The summed E-state index contributed by atoms with van der Waals surface area (Å²) in [7, 11) is 5.47. The number of nitrogens with one attached hydrogen (secondary N) is 1. The van der Waals surface area contributed by atoms with Gasteiger partial charge in [0.2, 0.25) is 0 Å². The van der Waals surface area contributed by atoms with Crippen LogP contribution in [0.1, 0.15) is 29.3 Å². The molecule has 0 aliphatic heterocycles. The van der Waals surface area contributed by atoms with Gasteiger partial charge in [-0.05, 0) is 25.5 Å². The zero-order valence-electron chi connectivity index (χ0n) is 16.6. The normalized spacial score (nSPS) is 12.3. The summed E-state index contributed by atoms with van der Waals surface area (Å²) in [6, 6.07) is 8.02. The van der Waals surface area contributed by atoms with Crippen LogP contribution in [0.4, 0.5) is 0 Å². The SMILES string of the molecule is CN=C(NCCOc1ccccc1C)N(C)Cc1csc(C(C)OC)n1.I. The van der Waals surface area contributed by atoms with Gasteiger partial charge < -0.3 is 19.7 Å². The van der Waals surface area contributed by atoms with E-state index in [1.807, 2.05) is 50.1 Å². The lowest BCUT2D eigenvalue weighted by Gasteiger charge is -2.21. The molecule has 0 saturated heterocycles. The Hall–Kier alpha value is -1.39. The summed E-state index contributed by atoms with van der Waals surface area (Å²) in [5.41, 5.74) is 2.15. The largest absolute Gasteiger partial charge is 0.491 e. The number of hydrogen-bond acceptors (Lipinski definition) is 5. The molecule has 150 valence electrons. The van der Waals surface area contributed by atoms with Gasteiger partial charge in [0.15, 0.2) is 5.96 Å². The third-order valence-corrected chi connectivity index (χ3v) is 5.03. The van der Waals surface area contributed by atoms with Crippen molar-refractivity contribution < 1.29 is 9.47 Å². The van der Waals surface area contributed by atoms with Gasteiger partial charge in [0.05, 0.1) is 18.8 Å². The highest BCUT2D eigenvalue weighted by molar-refractivity contribution is 14.0. The van der Waals surface area contributed by atoms with Gasteiger partial charge in [-0.15, -0.1) is 35.3 Å². The molecule has 1 unspecified atom stereocenters. The molecule has 0 fully saturated rings. The van der Waals surface area contributed by atoms with Crippen molar-refractivity contribution in [3.63, 3.8) is 0 Å². The van der Waals surface area contributed by atoms with Crippen LogP contribution in [-0.4, -0.2) is 50.2 Å².